The summed E-state index contributed by atoms with van der Waals surface area (Å²) < 4.78 is 4.77. The van der Waals surface area contributed by atoms with Crippen LogP contribution in [0.25, 0.3) is 0 Å². The molecule has 0 aromatic rings. The molecule has 4 rings (SSSR count). The van der Waals surface area contributed by atoms with E-state index in [0.717, 1.165) is 44.1 Å². The van der Waals surface area contributed by atoms with Crippen LogP contribution in [0.3, 0.4) is 0 Å². The first-order valence-electron chi connectivity index (χ1n) is 14.0. The number of fused-ring (bicyclic) bond motifs is 4. The third kappa shape index (κ3) is 3.86. The molecule has 0 aromatic heterocycles. The minimum absolute atomic E-state index is 0.0986. The van der Waals surface area contributed by atoms with Crippen LogP contribution < -0.4 is 0 Å². The fraction of sp³-hybridized carbons (Fsp3) is 0.806. The molecule has 0 bridgehead atoms. The van der Waals surface area contributed by atoms with Gasteiger partial charge in [-0.15, -0.1) is 0 Å². The molecule has 3 fully saturated rings. The largest absolute Gasteiger partial charge is 0.466 e. The van der Waals surface area contributed by atoms with Crippen LogP contribution in [0.4, 0.5) is 0 Å². The van der Waals surface area contributed by atoms with Gasteiger partial charge in [-0.3, -0.25) is 4.79 Å². The Morgan fingerprint density at radius 2 is 1.81 bits per heavy atom. The Hall–Kier alpha value is -1.46. The number of ether oxygens (including phenoxy) is 1. The molecule has 5 nitrogen and oxygen atoms in total. The van der Waals surface area contributed by atoms with Gasteiger partial charge in [0.15, 0.2) is 5.78 Å². The van der Waals surface area contributed by atoms with Crippen LogP contribution in [0.5, 0.6) is 0 Å². The molecule has 4 aliphatic carbocycles. The molecule has 0 aliphatic heterocycles. The van der Waals surface area contributed by atoms with Crippen molar-refractivity contribution in [3.63, 3.8) is 0 Å². The quantitative estimate of drug-likeness (QED) is 0.369. The Morgan fingerprint density at radius 1 is 1.14 bits per heavy atom. The van der Waals surface area contributed by atoms with E-state index in [-0.39, 0.29) is 33.7 Å². The van der Waals surface area contributed by atoms with Gasteiger partial charge < -0.3 is 14.9 Å². The number of carbonyl (C=O) groups excluding carboxylic acids is 2. The Labute approximate surface area is 217 Å². The number of methoxy groups -OCH3 is 1. The number of aliphatic hydroxyl groups is 2. The summed E-state index contributed by atoms with van der Waals surface area (Å²) in [5.41, 5.74) is 2.50. The second kappa shape index (κ2) is 9.08. The van der Waals surface area contributed by atoms with Crippen LogP contribution in [0, 0.1) is 39.4 Å². The van der Waals surface area contributed by atoms with Gasteiger partial charge in [0.2, 0.25) is 0 Å². The fourth-order valence-electron chi connectivity index (χ4n) is 9.38. The van der Waals surface area contributed by atoms with E-state index in [4.69, 9.17) is 4.74 Å². The van der Waals surface area contributed by atoms with Crippen molar-refractivity contribution in [3.8, 4) is 0 Å². The highest BCUT2D eigenvalue weighted by atomic mass is 16.5. The summed E-state index contributed by atoms with van der Waals surface area (Å²) >= 11 is 0. The van der Waals surface area contributed by atoms with Gasteiger partial charge in [-0.1, -0.05) is 47.1 Å². The zero-order chi connectivity index (χ0) is 26.8. The van der Waals surface area contributed by atoms with Crippen LogP contribution >= 0.6 is 0 Å². The van der Waals surface area contributed by atoms with Gasteiger partial charge in [0.1, 0.15) is 0 Å². The van der Waals surface area contributed by atoms with Gasteiger partial charge >= 0.3 is 5.97 Å². The Kier molecular flexibility index (Phi) is 6.95. The standard InChI is InChI=1S/C31H48O5/c1-18(27(35)36-8)15-20(32)16-19(2)31(7)17-23(33)26-21-9-10-24-28(3,4)25(34)12-13-29(24,5)22(21)11-14-30(26,31)6/h15,19-20,22,24-25,32,34H,9-14,16-17H2,1-8H3/b18-15+/t19-,20+,22+,24+,25-,29-,30-,31+/m1/s1. The maximum Gasteiger partial charge on any atom is 0.333 e. The Bertz CT molecular complexity index is 991. The molecule has 8 atom stereocenters. The van der Waals surface area contributed by atoms with Gasteiger partial charge in [0, 0.05) is 23.0 Å². The van der Waals surface area contributed by atoms with E-state index < -0.39 is 12.1 Å². The van der Waals surface area contributed by atoms with Gasteiger partial charge in [0.05, 0.1) is 19.3 Å². The SMILES string of the molecule is COC(=O)/C(C)=C/[C@H](O)C[C@@H](C)[C@]1(C)CC(=O)C2=C3CC[C@H]4C(C)(C)[C@H](O)CC[C@]4(C)[C@H]3CC[C@]21C. The molecule has 0 radical (unpaired) electrons. The molecule has 0 spiro atoms. The number of esters is 1. The van der Waals surface area contributed by atoms with Crippen molar-refractivity contribution in [2.45, 2.75) is 112 Å². The van der Waals surface area contributed by atoms with Crippen molar-refractivity contribution in [2.75, 3.05) is 7.11 Å². The predicted octanol–water partition coefficient (Wildman–Crippen LogP) is 5.78. The highest BCUT2D eigenvalue weighted by Crippen LogP contribution is 2.70. The minimum Gasteiger partial charge on any atom is -0.466 e. The lowest BCUT2D eigenvalue weighted by Gasteiger charge is -2.62. The van der Waals surface area contributed by atoms with E-state index in [0.29, 0.717) is 36.0 Å². The van der Waals surface area contributed by atoms with E-state index in [1.165, 1.54) is 12.7 Å². The molecule has 3 saturated carbocycles. The number of carbonyl (C=O) groups is 2. The first-order valence-corrected chi connectivity index (χ1v) is 14.0. The number of hydrogen-bond donors (Lipinski definition) is 2. The first-order chi connectivity index (χ1) is 16.6. The lowest BCUT2D eigenvalue weighted by atomic mass is 9.43. The smallest absolute Gasteiger partial charge is 0.333 e. The number of allylic oxidation sites excluding steroid dienone is 2. The van der Waals surface area contributed by atoms with Crippen molar-refractivity contribution >= 4 is 11.8 Å². The molecule has 36 heavy (non-hydrogen) atoms. The van der Waals surface area contributed by atoms with Crippen molar-refractivity contribution in [2.24, 2.45) is 39.4 Å². The third-order valence-corrected chi connectivity index (χ3v) is 11.9. The van der Waals surface area contributed by atoms with Crippen molar-refractivity contribution in [1.29, 1.82) is 0 Å². The number of hydrogen-bond acceptors (Lipinski definition) is 5. The molecule has 202 valence electrons. The van der Waals surface area contributed by atoms with E-state index in [1.54, 1.807) is 13.0 Å². The maximum absolute atomic E-state index is 13.8. The molecule has 4 aliphatic rings. The lowest BCUT2D eigenvalue weighted by molar-refractivity contribution is -0.136. The lowest BCUT2D eigenvalue weighted by Crippen LogP contribution is -2.56. The minimum atomic E-state index is -0.757. The fourth-order valence-corrected chi connectivity index (χ4v) is 9.38. The molecule has 0 aromatic carbocycles. The molecule has 0 saturated heterocycles. The number of rotatable bonds is 5. The Balaban J connectivity index is 1.65. The Morgan fingerprint density at radius 3 is 2.44 bits per heavy atom. The van der Waals surface area contributed by atoms with Gasteiger partial charge in [-0.2, -0.15) is 0 Å². The van der Waals surface area contributed by atoms with E-state index in [2.05, 4.69) is 41.5 Å². The van der Waals surface area contributed by atoms with Gasteiger partial charge in [0.25, 0.3) is 0 Å². The zero-order valence-corrected chi connectivity index (χ0v) is 23.7. The molecule has 0 unspecified atom stereocenters. The van der Waals surface area contributed by atoms with Crippen LogP contribution in [0.1, 0.15) is 99.8 Å². The van der Waals surface area contributed by atoms with E-state index in [9.17, 15) is 19.8 Å². The normalized spacial score (nSPS) is 41.8. The molecular weight excluding hydrogens is 452 g/mol. The summed E-state index contributed by atoms with van der Waals surface area (Å²) in [6.45, 7) is 15.3. The number of Topliss-reactive ketones (excluding diaryl/α,β-unsaturated/α-hetero) is 1. The third-order valence-electron chi connectivity index (χ3n) is 11.9. The zero-order valence-electron chi connectivity index (χ0n) is 23.7. The van der Waals surface area contributed by atoms with Crippen LogP contribution in [-0.4, -0.2) is 41.3 Å². The monoisotopic (exact) mass is 500 g/mol. The first kappa shape index (κ1) is 27.6. The van der Waals surface area contributed by atoms with Crippen molar-refractivity contribution < 1.29 is 24.5 Å². The highest BCUT2D eigenvalue weighted by Gasteiger charge is 2.64. The summed E-state index contributed by atoms with van der Waals surface area (Å²) in [4.78, 5) is 25.6. The average molecular weight is 501 g/mol. The van der Waals surface area contributed by atoms with Crippen LogP contribution in [0.15, 0.2) is 22.8 Å². The number of aliphatic hydroxyl groups excluding tert-OH is 2. The van der Waals surface area contributed by atoms with Crippen molar-refractivity contribution in [1.82, 2.24) is 0 Å². The van der Waals surface area contributed by atoms with Gasteiger partial charge in [-0.25, -0.2) is 4.79 Å². The predicted molar refractivity (Wildman–Crippen MR) is 141 cm³/mol. The molecule has 0 heterocycles. The highest BCUT2D eigenvalue weighted by molar-refractivity contribution is 6.01. The second-order valence-electron chi connectivity index (χ2n) is 13.9. The maximum atomic E-state index is 13.8. The van der Waals surface area contributed by atoms with E-state index >= 15 is 0 Å². The summed E-state index contributed by atoms with van der Waals surface area (Å²) in [7, 11) is 1.34. The summed E-state index contributed by atoms with van der Waals surface area (Å²) in [5, 5.41) is 21.6. The van der Waals surface area contributed by atoms with Crippen LogP contribution in [-0.2, 0) is 14.3 Å². The molecule has 2 N–H and O–H groups in total. The molecular formula is C31H48O5. The average Bonchev–Trinajstić information content (AvgIpc) is 3.01. The summed E-state index contributed by atoms with van der Waals surface area (Å²) in [5.74, 6) is 0.870. The van der Waals surface area contributed by atoms with Gasteiger partial charge in [-0.05, 0) is 91.9 Å². The number of ketones is 1. The molecule has 5 heteroatoms. The summed E-state index contributed by atoms with van der Waals surface area (Å²) in [6, 6.07) is 0. The molecule has 0 amide bonds. The summed E-state index contributed by atoms with van der Waals surface area (Å²) in [6.07, 6.45) is 7.56. The van der Waals surface area contributed by atoms with Crippen molar-refractivity contribution in [3.05, 3.63) is 22.8 Å². The van der Waals surface area contributed by atoms with E-state index in [1.807, 2.05) is 0 Å². The topological polar surface area (TPSA) is 83.8 Å². The van der Waals surface area contributed by atoms with Crippen LogP contribution in [0.2, 0.25) is 0 Å². The second-order valence-corrected chi connectivity index (χ2v) is 13.9.